The molecule has 0 aromatic heterocycles. The van der Waals surface area contributed by atoms with E-state index in [0.29, 0.717) is 25.7 Å². The maximum absolute atomic E-state index is 14.0. The Hall–Kier alpha value is -1.12. The summed E-state index contributed by atoms with van der Waals surface area (Å²) in [5.74, 6) is -60.2. The van der Waals surface area contributed by atoms with Crippen molar-refractivity contribution in [1.82, 2.24) is 0 Å². The molecule has 0 heterocycles. The molecule has 242 valence electrons. The van der Waals surface area contributed by atoms with E-state index in [4.69, 9.17) is 0 Å². The Morgan fingerprint density at radius 1 is 0.275 bits per heavy atom. The van der Waals surface area contributed by atoms with E-state index >= 15 is 0 Å². The van der Waals surface area contributed by atoms with Crippen molar-refractivity contribution in [3.63, 3.8) is 0 Å². The van der Waals surface area contributed by atoms with E-state index in [0.717, 1.165) is 12.8 Å². The average molecular weight is 627 g/mol. The minimum absolute atomic E-state index is 0.108. The maximum atomic E-state index is 14.0. The Labute approximate surface area is 222 Å². The van der Waals surface area contributed by atoms with Gasteiger partial charge in [-0.15, -0.1) is 0 Å². The molecule has 0 atom stereocenters. The standard InChI is InChI=1S/C24H34F16/c1-3-5-7-9-10-12-14-16-18(27,28)20(31,32)22(35,36)24(39,40)23(37,38)21(33,34)19(29,30)17(25,26)15-13-11-8-6-4-2/h3-16H2,1-2H3. The highest BCUT2D eigenvalue weighted by molar-refractivity contribution is 5.15. The van der Waals surface area contributed by atoms with E-state index in [2.05, 4.69) is 0 Å². The van der Waals surface area contributed by atoms with Crippen LogP contribution in [0.5, 0.6) is 0 Å². The number of halogens is 16. The van der Waals surface area contributed by atoms with Crippen molar-refractivity contribution in [3.8, 4) is 0 Å². The first-order valence-electron chi connectivity index (χ1n) is 12.9. The first-order valence-corrected chi connectivity index (χ1v) is 12.9. The molecule has 0 fully saturated rings. The molecule has 0 radical (unpaired) electrons. The minimum Gasteiger partial charge on any atom is -0.200 e. The summed E-state index contributed by atoms with van der Waals surface area (Å²) in [7, 11) is 0. The summed E-state index contributed by atoms with van der Waals surface area (Å²) in [5, 5.41) is 0. The average Bonchev–Trinajstić information content (AvgIpc) is 2.82. The van der Waals surface area contributed by atoms with Crippen LogP contribution in [0.15, 0.2) is 0 Å². The van der Waals surface area contributed by atoms with Gasteiger partial charge < -0.3 is 0 Å². The van der Waals surface area contributed by atoms with Crippen LogP contribution in [0, 0.1) is 0 Å². The second-order valence-corrected chi connectivity index (χ2v) is 9.89. The van der Waals surface area contributed by atoms with Crippen LogP contribution in [-0.4, -0.2) is 47.4 Å². The lowest BCUT2D eigenvalue weighted by molar-refractivity contribution is -0.453. The van der Waals surface area contributed by atoms with E-state index in [-0.39, 0.29) is 25.7 Å². The van der Waals surface area contributed by atoms with Gasteiger partial charge in [0.05, 0.1) is 0 Å². The molecule has 0 aliphatic rings. The monoisotopic (exact) mass is 626 g/mol. The normalized spacial score (nSPS) is 15.2. The van der Waals surface area contributed by atoms with Gasteiger partial charge in [0.25, 0.3) is 0 Å². The van der Waals surface area contributed by atoms with Gasteiger partial charge in [-0.2, -0.15) is 70.2 Å². The van der Waals surface area contributed by atoms with Gasteiger partial charge in [0.1, 0.15) is 0 Å². The summed E-state index contributed by atoms with van der Waals surface area (Å²) in [5.41, 5.74) is 0. The van der Waals surface area contributed by atoms with Gasteiger partial charge in [0.15, 0.2) is 0 Å². The number of alkyl halides is 16. The molecular weight excluding hydrogens is 592 g/mol. The number of hydrogen-bond donors (Lipinski definition) is 0. The zero-order valence-corrected chi connectivity index (χ0v) is 21.9. The Morgan fingerprint density at radius 2 is 0.475 bits per heavy atom. The Kier molecular flexibility index (Phi) is 13.5. The molecule has 0 nitrogen and oxygen atoms in total. The molecule has 0 unspecified atom stereocenters. The second kappa shape index (κ2) is 13.9. The van der Waals surface area contributed by atoms with E-state index in [1.54, 1.807) is 6.92 Å². The number of rotatable bonds is 21. The summed E-state index contributed by atoms with van der Waals surface area (Å²) in [6.45, 7) is 3.45. The summed E-state index contributed by atoms with van der Waals surface area (Å²) >= 11 is 0. The highest BCUT2D eigenvalue weighted by Gasteiger charge is 2.94. The first-order chi connectivity index (χ1) is 17.9. The smallest absolute Gasteiger partial charge is 0.200 e. The third kappa shape index (κ3) is 7.44. The number of unbranched alkanes of at least 4 members (excludes halogenated alkanes) is 10. The summed E-state index contributed by atoms with van der Waals surface area (Å²) in [4.78, 5) is 0. The largest absolute Gasteiger partial charge is 0.384 e. The second-order valence-electron chi connectivity index (χ2n) is 9.89. The van der Waals surface area contributed by atoms with Crippen molar-refractivity contribution in [3.05, 3.63) is 0 Å². The predicted octanol–water partition coefficient (Wildman–Crippen LogP) is 11.6. The van der Waals surface area contributed by atoms with Crippen LogP contribution in [0.2, 0.25) is 0 Å². The summed E-state index contributed by atoms with van der Waals surface area (Å²) in [6, 6.07) is 0. The molecule has 0 aromatic rings. The third-order valence-corrected chi connectivity index (χ3v) is 6.58. The van der Waals surface area contributed by atoms with Gasteiger partial charge in [0, 0.05) is 12.8 Å². The van der Waals surface area contributed by atoms with E-state index in [9.17, 15) is 70.2 Å². The van der Waals surface area contributed by atoms with Crippen molar-refractivity contribution in [2.24, 2.45) is 0 Å². The molecule has 0 aromatic carbocycles. The fourth-order valence-corrected chi connectivity index (χ4v) is 3.82. The molecule has 0 aliphatic heterocycles. The summed E-state index contributed by atoms with van der Waals surface area (Å²) < 4.78 is 223. The van der Waals surface area contributed by atoms with Crippen molar-refractivity contribution in [2.75, 3.05) is 0 Å². The van der Waals surface area contributed by atoms with Gasteiger partial charge in [-0.25, -0.2) is 0 Å². The van der Waals surface area contributed by atoms with Gasteiger partial charge in [-0.05, 0) is 12.8 Å². The van der Waals surface area contributed by atoms with Crippen molar-refractivity contribution in [2.45, 2.75) is 151 Å². The highest BCUT2D eigenvalue weighted by Crippen LogP contribution is 2.64. The van der Waals surface area contributed by atoms with Crippen LogP contribution in [0.3, 0.4) is 0 Å². The molecule has 0 rings (SSSR count). The van der Waals surface area contributed by atoms with Gasteiger partial charge in [-0.3, -0.25) is 0 Å². The summed E-state index contributed by atoms with van der Waals surface area (Å²) in [6.07, 6.45) is -3.56. The van der Waals surface area contributed by atoms with Crippen molar-refractivity contribution in [1.29, 1.82) is 0 Å². The maximum Gasteiger partial charge on any atom is 0.384 e. The Balaban J connectivity index is 6.02. The predicted molar refractivity (Wildman–Crippen MR) is 116 cm³/mol. The van der Waals surface area contributed by atoms with E-state index < -0.39 is 73.1 Å². The molecule has 0 aliphatic carbocycles. The third-order valence-electron chi connectivity index (χ3n) is 6.58. The molecule has 0 amide bonds. The lowest BCUT2D eigenvalue weighted by Gasteiger charge is -2.43. The van der Waals surface area contributed by atoms with Gasteiger partial charge in [0.2, 0.25) is 0 Å². The Bertz CT molecular complexity index is 745. The molecule has 40 heavy (non-hydrogen) atoms. The number of hydrogen-bond acceptors (Lipinski definition) is 0. The SMILES string of the molecule is CCCCCCCCCC(F)(F)C(F)(F)C(F)(F)C(F)(F)C(F)(F)C(F)(F)C(F)(F)C(F)(F)CCCCCCC. The van der Waals surface area contributed by atoms with E-state index in [1.165, 1.54) is 0 Å². The topological polar surface area (TPSA) is 0 Å². The van der Waals surface area contributed by atoms with Crippen LogP contribution >= 0.6 is 0 Å². The Morgan fingerprint density at radius 3 is 0.725 bits per heavy atom. The zero-order valence-electron chi connectivity index (χ0n) is 21.9. The molecule has 16 heteroatoms. The van der Waals surface area contributed by atoms with Crippen LogP contribution in [0.4, 0.5) is 70.2 Å². The molecule has 0 spiro atoms. The lowest BCUT2D eigenvalue weighted by Crippen LogP contribution is -2.74. The van der Waals surface area contributed by atoms with Gasteiger partial charge >= 0.3 is 47.4 Å². The van der Waals surface area contributed by atoms with Crippen LogP contribution in [0.1, 0.15) is 104 Å². The lowest BCUT2D eigenvalue weighted by atomic mass is 9.86. The van der Waals surface area contributed by atoms with Crippen LogP contribution in [-0.2, 0) is 0 Å². The molecule has 0 saturated heterocycles. The quantitative estimate of drug-likeness (QED) is 0.0879. The molecular formula is C24H34F16. The van der Waals surface area contributed by atoms with E-state index in [1.807, 2.05) is 6.92 Å². The molecule has 0 N–H and O–H groups in total. The van der Waals surface area contributed by atoms with Gasteiger partial charge in [-0.1, -0.05) is 78.1 Å². The van der Waals surface area contributed by atoms with Crippen molar-refractivity contribution < 1.29 is 70.2 Å². The van der Waals surface area contributed by atoms with Crippen molar-refractivity contribution >= 4 is 0 Å². The minimum atomic E-state index is -8.34. The fourth-order valence-electron chi connectivity index (χ4n) is 3.82. The molecule has 0 bridgehead atoms. The zero-order chi connectivity index (χ0) is 31.9. The first kappa shape index (κ1) is 38.9. The van der Waals surface area contributed by atoms with Crippen LogP contribution < -0.4 is 0 Å². The van der Waals surface area contributed by atoms with Crippen LogP contribution in [0.25, 0.3) is 0 Å². The molecule has 0 saturated carbocycles. The highest BCUT2D eigenvalue weighted by atomic mass is 19.4. The fraction of sp³-hybridized carbons (Fsp3) is 1.00.